The minimum absolute atomic E-state index is 0.0716. The van der Waals surface area contributed by atoms with Crippen LogP contribution in [-0.4, -0.2) is 17.4 Å². The van der Waals surface area contributed by atoms with E-state index in [1.54, 1.807) is 0 Å². The topological polar surface area (TPSA) is 46.6 Å². The van der Waals surface area contributed by atoms with Gasteiger partial charge >= 0.3 is 0 Å². The molecule has 3 fully saturated rings. The number of rotatable bonds is 0. The Hall–Kier alpha value is -1.68. The van der Waals surface area contributed by atoms with Crippen molar-refractivity contribution in [1.82, 2.24) is 0 Å². The second kappa shape index (κ2) is 4.04. The van der Waals surface area contributed by atoms with E-state index in [1.807, 2.05) is 24.3 Å². The highest BCUT2D eigenvalue weighted by molar-refractivity contribution is 6.22. The van der Waals surface area contributed by atoms with E-state index in [0.717, 1.165) is 36.9 Å². The lowest BCUT2D eigenvalue weighted by atomic mass is 9.57. The van der Waals surface area contributed by atoms with Crippen molar-refractivity contribution in [2.45, 2.75) is 63.1 Å². The van der Waals surface area contributed by atoms with E-state index in [0.29, 0.717) is 0 Å². The zero-order chi connectivity index (χ0) is 15.9. The Morgan fingerprint density at radius 2 is 1.78 bits per heavy atom. The summed E-state index contributed by atoms with van der Waals surface area (Å²) in [7, 11) is 0. The third-order valence-corrected chi connectivity index (χ3v) is 6.65. The van der Waals surface area contributed by atoms with Crippen LogP contribution in [0.2, 0.25) is 0 Å². The van der Waals surface area contributed by atoms with Crippen LogP contribution in [0.5, 0.6) is 0 Å². The van der Waals surface area contributed by atoms with Crippen molar-refractivity contribution in [2.24, 2.45) is 5.41 Å². The van der Waals surface area contributed by atoms with Crippen LogP contribution in [0, 0.1) is 5.41 Å². The summed E-state index contributed by atoms with van der Waals surface area (Å²) in [5.41, 5.74) is 0.543. The normalized spacial score (nSPS) is 32.2. The quantitative estimate of drug-likeness (QED) is 0.738. The van der Waals surface area contributed by atoms with Crippen molar-refractivity contribution in [3.8, 4) is 0 Å². The predicted molar refractivity (Wildman–Crippen MR) is 84.9 cm³/mol. The highest BCUT2D eigenvalue weighted by Crippen LogP contribution is 2.80. The summed E-state index contributed by atoms with van der Waals surface area (Å²) in [6.07, 6.45) is 7.83. The summed E-state index contributed by atoms with van der Waals surface area (Å²) >= 11 is 0. The average molecular weight is 311 g/mol. The van der Waals surface area contributed by atoms with Gasteiger partial charge in [0.1, 0.15) is 0 Å². The number of carbonyl (C=O) groups is 2. The lowest BCUT2D eigenvalue weighted by molar-refractivity contribution is -0.339. The lowest BCUT2D eigenvalue weighted by Gasteiger charge is -2.63. The van der Waals surface area contributed by atoms with E-state index in [1.165, 1.54) is 31.1 Å². The third-order valence-electron chi connectivity index (χ3n) is 6.65. The van der Waals surface area contributed by atoms with Gasteiger partial charge < -0.3 is 4.74 Å². The Balaban J connectivity index is 1.67. The Kier molecular flexibility index (Phi) is 2.41. The molecular formula is C19H21NO3. The van der Waals surface area contributed by atoms with E-state index in [-0.39, 0.29) is 22.8 Å². The van der Waals surface area contributed by atoms with Gasteiger partial charge in [-0.15, -0.1) is 0 Å². The molecule has 1 unspecified atom stereocenters. The van der Waals surface area contributed by atoms with Crippen LogP contribution in [0.3, 0.4) is 0 Å². The summed E-state index contributed by atoms with van der Waals surface area (Å²) < 4.78 is 6.57. The second-order valence-electron chi connectivity index (χ2n) is 7.60. The summed E-state index contributed by atoms with van der Waals surface area (Å²) in [6.45, 7) is 1.46. The molecule has 4 nitrogen and oxygen atoms in total. The number of hydrogen-bond donors (Lipinski definition) is 0. The lowest BCUT2D eigenvalue weighted by Crippen LogP contribution is -2.72. The number of imide groups is 1. The summed E-state index contributed by atoms with van der Waals surface area (Å²) in [5, 5.41) is 0. The molecule has 1 aromatic rings. The maximum absolute atomic E-state index is 13.3. The van der Waals surface area contributed by atoms with E-state index in [4.69, 9.17) is 4.74 Å². The SMILES string of the molecule is CC(=O)N1C(=O)C2(OC3(CCCCC3)C23CC3)c2ccccc21. The van der Waals surface area contributed by atoms with Gasteiger partial charge in [0.25, 0.3) is 5.91 Å². The molecule has 120 valence electrons. The first-order chi connectivity index (χ1) is 11.1. The molecular weight excluding hydrogens is 290 g/mol. The number of anilines is 1. The molecule has 1 saturated heterocycles. The van der Waals surface area contributed by atoms with Crippen molar-refractivity contribution in [2.75, 3.05) is 4.90 Å². The number of fused-ring (bicyclic) bond motifs is 4. The molecule has 2 saturated carbocycles. The van der Waals surface area contributed by atoms with E-state index >= 15 is 0 Å². The molecule has 2 aliphatic carbocycles. The fraction of sp³-hybridized carbons (Fsp3) is 0.579. The monoisotopic (exact) mass is 311 g/mol. The minimum atomic E-state index is -0.896. The Morgan fingerprint density at radius 1 is 1.09 bits per heavy atom. The number of hydrogen-bond acceptors (Lipinski definition) is 3. The summed E-state index contributed by atoms with van der Waals surface area (Å²) in [4.78, 5) is 26.7. The van der Waals surface area contributed by atoms with Crippen molar-refractivity contribution < 1.29 is 14.3 Å². The molecule has 3 spiro atoms. The number of para-hydroxylation sites is 1. The van der Waals surface area contributed by atoms with Crippen LogP contribution < -0.4 is 4.90 Å². The number of nitrogens with zero attached hydrogens (tertiary/aromatic N) is 1. The highest BCUT2D eigenvalue weighted by Gasteiger charge is 2.85. The van der Waals surface area contributed by atoms with E-state index in [9.17, 15) is 9.59 Å². The van der Waals surface area contributed by atoms with Crippen LogP contribution in [-0.2, 0) is 19.9 Å². The first kappa shape index (κ1) is 13.7. The zero-order valence-electron chi connectivity index (χ0n) is 13.4. The molecule has 1 atom stereocenters. The van der Waals surface area contributed by atoms with Gasteiger partial charge in [-0.3, -0.25) is 9.59 Å². The average Bonchev–Trinajstić information content (AvgIpc) is 3.34. The number of benzene rings is 1. The maximum Gasteiger partial charge on any atom is 0.271 e. The van der Waals surface area contributed by atoms with E-state index < -0.39 is 5.60 Å². The van der Waals surface area contributed by atoms with Crippen molar-refractivity contribution in [3.63, 3.8) is 0 Å². The third kappa shape index (κ3) is 1.30. The van der Waals surface area contributed by atoms with Gasteiger partial charge in [-0.05, 0) is 31.7 Å². The molecule has 0 radical (unpaired) electrons. The van der Waals surface area contributed by atoms with Gasteiger partial charge in [0, 0.05) is 17.9 Å². The second-order valence-corrected chi connectivity index (χ2v) is 7.60. The van der Waals surface area contributed by atoms with Gasteiger partial charge in [-0.1, -0.05) is 37.5 Å². The fourth-order valence-corrected chi connectivity index (χ4v) is 5.62. The molecule has 0 N–H and O–H groups in total. The molecule has 23 heavy (non-hydrogen) atoms. The first-order valence-corrected chi connectivity index (χ1v) is 8.73. The fourth-order valence-electron chi connectivity index (χ4n) is 5.62. The number of amides is 2. The largest absolute Gasteiger partial charge is 0.352 e. The molecule has 2 aliphatic heterocycles. The van der Waals surface area contributed by atoms with Crippen LogP contribution in [0.25, 0.3) is 0 Å². The van der Waals surface area contributed by atoms with Gasteiger partial charge in [-0.2, -0.15) is 0 Å². The van der Waals surface area contributed by atoms with Gasteiger partial charge in [-0.25, -0.2) is 4.90 Å². The van der Waals surface area contributed by atoms with Crippen LogP contribution in [0.15, 0.2) is 24.3 Å². The Labute approximate surface area is 135 Å². The van der Waals surface area contributed by atoms with Crippen molar-refractivity contribution in [3.05, 3.63) is 29.8 Å². The Morgan fingerprint density at radius 3 is 2.43 bits per heavy atom. The summed E-state index contributed by atoms with van der Waals surface area (Å²) in [5.74, 6) is -0.372. The van der Waals surface area contributed by atoms with E-state index in [2.05, 4.69) is 0 Å². The van der Waals surface area contributed by atoms with Gasteiger partial charge in [0.05, 0.1) is 11.3 Å². The van der Waals surface area contributed by atoms with Crippen molar-refractivity contribution >= 4 is 17.5 Å². The van der Waals surface area contributed by atoms with Gasteiger partial charge in [0.2, 0.25) is 5.91 Å². The minimum Gasteiger partial charge on any atom is -0.352 e. The first-order valence-electron chi connectivity index (χ1n) is 8.73. The van der Waals surface area contributed by atoms with Crippen LogP contribution in [0.4, 0.5) is 5.69 Å². The molecule has 1 aromatic carbocycles. The smallest absolute Gasteiger partial charge is 0.271 e. The molecule has 2 amide bonds. The number of carbonyl (C=O) groups excluding carboxylic acids is 2. The van der Waals surface area contributed by atoms with Gasteiger partial charge in [0.15, 0.2) is 5.60 Å². The molecule has 0 aromatic heterocycles. The molecule has 4 heteroatoms. The predicted octanol–water partition coefficient (Wildman–Crippen LogP) is 3.29. The summed E-state index contributed by atoms with van der Waals surface area (Å²) in [6, 6.07) is 7.68. The van der Waals surface area contributed by atoms with Crippen LogP contribution >= 0.6 is 0 Å². The number of ether oxygens (including phenoxy) is 1. The maximum atomic E-state index is 13.3. The molecule has 0 bridgehead atoms. The zero-order valence-corrected chi connectivity index (χ0v) is 13.4. The Bertz CT molecular complexity index is 730. The standard InChI is InChI=1S/C19H21NO3/c1-13(21)20-15-8-4-3-7-14(15)19(16(20)22)17(11-12-17)18(23-19)9-5-2-6-10-18/h3-4,7-8H,2,5-6,9-12H2,1H3. The molecule has 4 aliphatic rings. The van der Waals surface area contributed by atoms with Crippen molar-refractivity contribution in [1.29, 1.82) is 0 Å². The highest BCUT2D eigenvalue weighted by atomic mass is 16.6. The van der Waals surface area contributed by atoms with Crippen LogP contribution in [0.1, 0.15) is 57.4 Å². The molecule has 2 heterocycles. The molecule has 5 rings (SSSR count).